The minimum atomic E-state index is -0.0700. The van der Waals surface area contributed by atoms with Crippen LogP contribution >= 0.6 is 11.8 Å². The van der Waals surface area contributed by atoms with E-state index in [4.69, 9.17) is 5.10 Å². The number of anilines is 1. The molecule has 3 heterocycles. The highest BCUT2D eigenvalue weighted by molar-refractivity contribution is 7.99. The van der Waals surface area contributed by atoms with Gasteiger partial charge in [0.05, 0.1) is 11.4 Å². The van der Waals surface area contributed by atoms with Crippen molar-refractivity contribution >= 4 is 34.5 Å². The topological polar surface area (TPSA) is 76.6 Å². The van der Waals surface area contributed by atoms with Crippen molar-refractivity contribution in [1.29, 1.82) is 0 Å². The third-order valence-corrected chi connectivity index (χ3v) is 6.87. The molecule has 0 fully saturated rings. The quantitative estimate of drug-likeness (QED) is 0.352. The second-order valence-corrected chi connectivity index (χ2v) is 9.71. The molecule has 5 aromatic rings. The molecule has 0 saturated carbocycles. The van der Waals surface area contributed by atoms with Crippen molar-refractivity contribution < 1.29 is 4.79 Å². The van der Waals surface area contributed by atoms with Gasteiger partial charge in [0.2, 0.25) is 5.91 Å². The average molecular weight is 471 g/mol. The summed E-state index contributed by atoms with van der Waals surface area (Å²) in [5, 5.41) is 17.2. The highest BCUT2D eigenvalue weighted by Gasteiger charge is 2.16. The summed E-state index contributed by atoms with van der Waals surface area (Å²) in [6.07, 6.45) is 3.78. The number of hydrogen-bond acceptors (Lipinski definition) is 5. The van der Waals surface area contributed by atoms with Crippen LogP contribution in [0.25, 0.3) is 22.4 Å². The van der Waals surface area contributed by atoms with Crippen molar-refractivity contribution in [3.05, 3.63) is 76.6 Å². The molecule has 5 rings (SSSR count). The van der Waals surface area contributed by atoms with E-state index in [9.17, 15) is 4.79 Å². The predicted octanol–water partition coefficient (Wildman–Crippen LogP) is 5.32. The van der Waals surface area contributed by atoms with Crippen LogP contribution in [0.2, 0.25) is 0 Å². The Kier molecular flexibility index (Phi) is 5.61. The van der Waals surface area contributed by atoms with Gasteiger partial charge in [-0.15, -0.1) is 10.2 Å². The lowest BCUT2D eigenvalue weighted by Crippen LogP contribution is -2.16. The molecule has 8 heteroatoms. The molecule has 7 nitrogen and oxygen atoms in total. The molecule has 0 saturated heterocycles. The summed E-state index contributed by atoms with van der Waals surface area (Å²) in [6, 6.07) is 12.6. The molecule has 0 spiro atoms. The van der Waals surface area contributed by atoms with Crippen LogP contribution in [0.3, 0.4) is 0 Å². The van der Waals surface area contributed by atoms with Crippen LogP contribution in [-0.4, -0.2) is 35.9 Å². The molecular formula is C26H26N6OS. The monoisotopic (exact) mass is 470 g/mol. The number of aryl methyl sites for hydroxylation is 5. The van der Waals surface area contributed by atoms with Crippen molar-refractivity contribution in [3.8, 4) is 11.3 Å². The molecule has 0 bridgehead atoms. The number of fused-ring (bicyclic) bond motifs is 3. The van der Waals surface area contributed by atoms with E-state index in [2.05, 4.69) is 66.6 Å². The number of nitrogens with zero attached hydrogens (tertiary/aromatic N) is 5. The molecule has 1 N–H and O–H groups in total. The van der Waals surface area contributed by atoms with Crippen LogP contribution in [0, 0.1) is 34.6 Å². The minimum absolute atomic E-state index is 0.0700. The van der Waals surface area contributed by atoms with E-state index in [1.165, 1.54) is 28.5 Å². The first-order chi connectivity index (χ1) is 16.3. The molecular weight excluding hydrogens is 444 g/mol. The third kappa shape index (κ3) is 4.05. The minimum Gasteiger partial charge on any atom is -0.325 e. The normalized spacial score (nSPS) is 11.4. The number of carbonyl (C=O) groups is 1. The maximum atomic E-state index is 12.7. The summed E-state index contributed by atoms with van der Waals surface area (Å²) in [4.78, 5) is 12.7. The number of benzene rings is 2. The molecule has 0 unspecified atom stereocenters. The average Bonchev–Trinajstić information content (AvgIpc) is 3.40. The summed E-state index contributed by atoms with van der Waals surface area (Å²) in [5.41, 5.74) is 10.1. The fourth-order valence-electron chi connectivity index (χ4n) is 4.32. The number of hydrogen-bond donors (Lipinski definition) is 1. The second kappa shape index (κ2) is 8.61. The smallest absolute Gasteiger partial charge is 0.234 e. The van der Waals surface area contributed by atoms with Gasteiger partial charge in [-0.2, -0.15) is 5.10 Å². The van der Waals surface area contributed by atoms with Gasteiger partial charge < -0.3 is 5.32 Å². The number of nitrogens with one attached hydrogen (secondary N) is 1. The van der Waals surface area contributed by atoms with Crippen molar-refractivity contribution in [2.45, 2.75) is 39.8 Å². The molecule has 2 aromatic carbocycles. The maximum Gasteiger partial charge on any atom is 0.234 e. The summed E-state index contributed by atoms with van der Waals surface area (Å²) < 4.78 is 3.73. The van der Waals surface area contributed by atoms with Gasteiger partial charge in [-0.3, -0.25) is 9.20 Å². The van der Waals surface area contributed by atoms with Gasteiger partial charge >= 0.3 is 0 Å². The molecule has 0 aliphatic carbocycles. The lowest BCUT2D eigenvalue weighted by atomic mass is 10.0. The van der Waals surface area contributed by atoms with Crippen molar-refractivity contribution in [2.75, 3.05) is 11.1 Å². The third-order valence-electron chi connectivity index (χ3n) is 5.93. The lowest BCUT2D eigenvalue weighted by molar-refractivity contribution is -0.113. The molecule has 0 atom stereocenters. The Hall–Kier alpha value is -3.65. The summed E-state index contributed by atoms with van der Waals surface area (Å²) in [7, 11) is 0. The first-order valence-corrected chi connectivity index (χ1v) is 12.1. The van der Waals surface area contributed by atoms with E-state index >= 15 is 0 Å². The Morgan fingerprint density at radius 3 is 2.44 bits per heavy atom. The summed E-state index contributed by atoms with van der Waals surface area (Å²) >= 11 is 1.36. The lowest BCUT2D eigenvalue weighted by Gasteiger charge is -2.12. The van der Waals surface area contributed by atoms with Gasteiger partial charge in [-0.25, -0.2) is 4.52 Å². The van der Waals surface area contributed by atoms with Crippen molar-refractivity contribution in [3.63, 3.8) is 0 Å². The Bertz CT molecular complexity index is 1540. The molecule has 172 valence electrons. The van der Waals surface area contributed by atoms with Crippen molar-refractivity contribution in [2.24, 2.45) is 0 Å². The molecule has 3 aromatic heterocycles. The summed E-state index contributed by atoms with van der Waals surface area (Å²) in [5.74, 6) is 0.172. The second-order valence-electron chi connectivity index (χ2n) is 8.76. The largest absolute Gasteiger partial charge is 0.325 e. The Labute approximate surface area is 202 Å². The van der Waals surface area contributed by atoms with E-state index in [1.807, 2.05) is 41.2 Å². The van der Waals surface area contributed by atoms with Gasteiger partial charge in [-0.1, -0.05) is 47.2 Å². The fourth-order valence-corrected chi connectivity index (χ4v) is 5.03. The van der Waals surface area contributed by atoms with E-state index < -0.39 is 0 Å². The highest BCUT2D eigenvalue weighted by Crippen LogP contribution is 2.27. The zero-order chi connectivity index (χ0) is 24.0. The van der Waals surface area contributed by atoms with Gasteiger partial charge in [0.25, 0.3) is 0 Å². The molecule has 0 aliphatic rings. The van der Waals surface area contributed by atoms with Gasteiger partial charge in [0.15, 0.2) is 10.8 Å². The Morgan fingerprint density at radius 2 is 1.68 bits per heavy atom. The zero-order valence-electron chi connectivity index (χ0n) is 19.9. The van der Waals surface area contributed by atoms with E-state index in [-0.39, 0.29) is 11.7 Å². The first kappa shape index (κ1) is 22.2. The first-order valence-electron chi connectivity index (χ1n) is 11.1. The fraction of sp³-hybridized carbons (Fsp3) is 0.231. The van der Waals surface area contributed by atoms with Crippen LogP contribution in [-0.2, 0) is 4.79 Å². The van der Waals surface area contributed by atoms with Crippen LogP contribution < -0.4 is 5.32 Å². The Morgan fingerprint density at radius 1 is 0.912 bits per heavy atom. The maximum absolute atomic E-state index is 12.7. The summed E-state index contributed by atoms with van der Waals surface area (Å²) in [6.45, 7) is 10.2. The predicted molar refractivity (Wildman–Crippen MR) is 137 cm³/mol. The van der Waals surface area contributed by atoms with Crippen LogP contribution in [0.15, 0.2) is 53.9 Å². The number of thioether (sulfide) groups is 1. The number of carbonyl (C=O) groups excluding carboxylic acids is 1. The Balaban J connectivity index is 1.39. The van der Waals surface area contributed by atoms with Crippen LogP contribution in [0.5, 0.6) is 0 Å². The molecule has 1 amide bonds. The standard InChI is InChI=1S/C26H26N6OS/c1-15-6-7-17(3)20(12-15)21-13-22-25-28-29-26(31(25)8-9-32(22)30-21)34-14-23(33)27-24-18(4)10-16(2)11-19(24)5/h6-13H,14H2,1-5H3,(H,27,33). The highest BCUT2D eigenvalue weighted by atomic mass is 32.2. The molecule has 0 aliphatic heterocycles. The number of rotatable bonds is 5. The van der Waals surface area contributed by atoms with Gasteiger partial charge in [-0.05, 0) is 63.4 Å². The SMILES string of the molecule is Cc1cc(C)c(NC(=O)CSc2nnc3c4cc(-c5cc(C)ccc5C)nn4ccn23)c(C)c1. The number of amides is 1. The van der Waals surface area contributed by atoms with Gasteiger partial charge in [0.1, 0.15) is 5.52 Å². The van der Waals surface area contributed by atoms with Gasteiger partial charge in [0, 0.05) is 23.6 Å². The van der Waals surface area contributed by atoms with E-state index in [0.29, 0.717) is 10.8 Å². The van der Waals surface area contributed by atoms with Crippen molar-refractivity contribution in [1.82, 2.24) is 24.2 Å². The van der Waals surface area contributed by atoms with E-state index in [1.54, 1.807) is 0 Å². The number of aromatic nitrogens is 5. The van der Waals surface area contributed by atoms with Crippen LogP contribution in [0.4, 0.5) is 5.69 Å². The molecule has 0 radical (unpaired) electrons. The zero-order valence-corrected chi connectivity index (χ0v) is 20.7. The van der Waals surface area contributed by atoms with Crippen LogP contribution in [0.1, 0.15) is 27.8 Å². The molecule has 34 heavy (non-hydrogen) atoms. The van der Waals surface area contributed by atoms with E-state index in [0.717, 1.165) is 33.6 Å².